The van der Waals surface area contributed by atoms with Crippen LogP contribution in [0.1, 0.15) is 0 Å². The van der Waals surface area contributed by atoms with Gasteiger partial charge in [0.15, 0.2) is 0 Å². The Hall–Kier alpha value is -1.24. The molecule has 0 radical (unpaired) electrons. The molecule has 0 aromatic rings. The van der Waals surface area contributed by atoms with Gasteiger partial charge in [0.1, 0.15) is 0 Å². The number of carbonyl (C=O) groups excluding carboxylic acids is 2. The molecule has 0 aromatic heterocycles. The number of hydrogen-bond acceptors (Lipinski definition) is 4. The lowest BCUT2D eigenvalue weighted by atomic mass is 10.7. The van der Waals surface area contributed by atoms with Crippen molar-refractivity contribution in [1.29, 1.82) is 0 Å². The summed E-state index contributed by atoms with van der Waals surface area (Å²) in [5, 5.41) is 12.4. The van der Waals surface area contributed by atoms with E-state index in [-0.39, 0.29) is 11.5 Å². The minimum Gasteiger partial charge on any atom is -0.481 e. The van der Waals surface area contributed by atoms with Crippen LogP contribution in [-0.2, 0) is 9.59 Å². The van der Waals surface area contributed by atoms with Crippen molar-refractivity contribution in [3.05, 3.63) is 0 Å². The number of nitrogens with one attached hydrogen (secondary N) is 2. The van der Waals surface area contributed by atoms with Crippen LogP contribution < -0.4 is 10.6 Å². The summed E-state index contributed by atoms with van der Waals surface area (Å²) in [4.78, 5) is 31.4. The SMILES string of the molecule is CNC(=O)NC(=O)CSCC(=O)O. The van der Waals surface area contributed by atoms with Gasteiger partial charge in [0.2, 0.25) is 5.91 Å². The maximum atomic E-state index is 10.8. The van der Waals surface area contributed by atoms with Crippen molar-refractivity contribution in [3.8, 4) is 0 Å². The topological polar surface area (TPSA) is 95.5 Å². The fraction of sp³-hybridized carbons (Fsp3) is 0.500. The van der Waals surface area contributed by atoms with E-state index in [0.29, 0.717) is 0 Å². The highest BCUT2D eigenvalue weighted by molar-refractivity contribution is 8.00. The summed E-state index contributed by atoms with van der Waals surface area (Å²) in [6, 6.07) is -0.596. The second-order valence-electron chi connectivity index (χ2n) is 2.01. The van der Waals surface area contributed by atoms with E-state index in [0.717, 1.165) is 11.8 Å². The maximum absolute atomic E-state index is 10.8. The molecule has 74 valence electrons. The lowest BCUT2D eigenvalue weighted by Gasteiger charge is -2.01. The number of thioether (sulfide) groups is 1. The summed E-state index contributed by atoms with van der Waals surface area (Å²) in [6.45, 7) is 0. The lowest BCUT2D eigenvalue weighted by molar-refractivity contribution is -0.133. The summed E-state index contributed by atoms with van der Waals surface area (Å²) in [7, 11) is 1.38. The molecule has 7 heteroatoms. The van der Waals surface area contributed by atoms with Crippen LogP contribution in [0, 0.1) is 0 Å². The quantitative estimate of drug-likeness (QED) is 0.563. The van der Waals surface area contributed by atoms with Crippen LogP contribution in [0.15, 0.2) is 0 Å². The van der Waals surface area contributed by atoms with Gasteiger partial charge in [0.05, 0.1) is 11.5 Å². The minimum atomic E-state index is -0.988. The summed E-state index contributed by atoms with van der Waals surface area (Å²) in [5.74, 6) is -1.69. The zero-order valence-electron chi connectivity index (χ0n) is 6.99. The minimum absolute atomic E-state index is 0.0419. The predicted molar refractivity (Wildman–Crippen MR) is 47.6 cm³/mol. The summed E-state index contributed by atoms with van der Waals surface area (Å²) < 4.78 is 0. The third-order valence-corrected chi connectivity index (χ3v) is 1.86. The molecule has 0 saturated carbocycles. The fourth-order valence-corrected chi connectivity index (χ4v) is 0.990. The van der Waals surface area contributed by atoms with Crippen molar-refractivity contribution in [2.24, 2.45) is 0 Å². The van der Waals surface area contributed by atoms with Gasteiger partial charge in [-0.05, 0) is 0 Å². The third-order valence-electron chi connectivity index (χ3n) is 0.939. The molecule has 0 heterocycles. The number of imide groups is 1. The van der Waals surface area contributed by atoms with Crippen LogP contribution in [0.4, 0.5) is 4.79 Å². The van der Waals surface area contributed by atoms with Gasteiger partial charge in [-0.25, -0.2) is 4.79 Å². The van der Waals surface area contributed by atoms with Gasteiger partial charge in [-0.2, -0.15) is 0 Å². The number of rotatable bonds is 4. The number of carbonyl (C=O) groups is 3. The van der Waals surface area contributed by atoms with Crippen LogP contribution in [0.25, 0.3) is 0 Å². The molecule has 13 heavy (non-hydrogen) atoms. The van der Waals surface area contributed by atoms with Crippen LogP contribution >= 0.6 is 11.8 Å². The first kappa shape index (κ1) is 11.8. The first-order valence-corrected chi connectivity index (χ1v) is 4.53. The van der Waals surface area contributed by atoms with Gasteiger partial charge < -0.3 is 10.4 Å². The van der Waals surface area contributed by atoms with Crippen LogP contribution in [-0.4, -0.2) is 41.6 Å². The normalized spacial score (nSPS) is 9.00. The molecular weight excluding hydrogens is 196 g/mol. The van der Waals surface area contributed by atoms with Crippen molar-refractivity contribution < 1.29 is 19.5 Å². The first-order chi connectivity index (χ1) is 6.06. The highest BCUT2D eigenvalue weighted by Crippen LogP contribution is 1.97. The van der Waals surface area contributed by atoms with E-state index in [4.69, 9.17) is 5.11 Å². The van der Waals surface area contributed by atoms with Crippen molar-refractivity contribution in [3.63, 3.8) is 0 Å². The molecule has 3 amide bonds. The Morgan fingerprint density at radius 1 is 1.31 bits per heavy atom. The van der Waals surface area contributed by atoms with Gasteiger partial charge in [-0.15, -0.1) is 11.8 Å². The lowest BCUT2D eigenvalue weighted by Crippen LogP contribution is -2.38. The first-order valence-electron chi connectivity index (χ1n) is 3.37. The van der Waals surface area contributed by atoms with Gasteiger partial charge in [-0.3, -0.25) is 14.9 Å². The van der Waals surface area contributed by atoms with E-state index in [2.05, 4.69) is 5.32 Å². The molecule has 6 nitrogen and oxygen atoms in total. The molecule has 0 unspecified atom stereocenters. The Kier molecular flexibility index (Phi) is 5.69. The van der Waals surface area contributed by atoms with Crippen molar-refractivity contribution in [2.45, 2.75) is 0 Å². The monoisotopic (exact) mass is 206 g/mol. The summed E-state index contributed by atoms with van der Waals surface area (Å²) in [5.41, 5.74) is 0. The second kappa shape index (κ2) is 6.30. The molecule has 0 saturated heterocycles. The van der Waals surface area contributed by atoms with Crippen LogP contribution in [0.3, 0.4) is 0 Å². The van der Waals surface area contributed by atoms with Crippen LogP contribution in [0.5, 0.6) is 0 Å². The van der Waals surface area contributed by atoms with Crippen molar-refractivity contribution >= 4 is 29.7 Å². The highest BCUT2D eigenvalue weighted by atomic mass is 32.2. The smallest absolute Gasteiger partial charge is 0.321 e. The predicted octanol–water partition coefficient (Wildman–Crippen LogP) is -0.740. The van der Waals surface area contributed by atoms with Crippen molar-refractivity contribution in [1.82, 2.24) is 10.6 Å². The molecular formula is C6H10N2O4S. The molecule has 3 N–H and O–H groups in total. The molecule has 0 aliphatic rings. The third kappa shape index (κ3) is 7.13. The molecule has 0 aliphatic carbocycles. The molecule has 0 atom stereocenters. The van der Waals surface area contributed by atoms with E-state index in [1.54, 1.807) is 0 Å². The van der Waals surface area contributed by atoms with Gasteiger partial charge in [0.25, 0.3) is 0 Å². The molecule has 0 spiro atoms. The largest absolute Gasteiger partial charge is 0.481 e. The maximum Gasteiger partial charge on any atom is 0.321 e. The van der Waals surface area contributed by atoms with Crippen molar-refractivity contribution in [2.75, 3.05) is 18.6 Å². The van der Waals surface area contributed by atoms with E-state index in [1.807, 2.05) is 5.32 Å². The molecule has 0 rings (SSSR count). The number of aliphatic carboxylic acids is 1. The van der Waals surface area contributed by atoms with E-state index >= 15 is 0 Å². The zero-order valence-corrected chi connectivity index (χ0v) is 7.81. The summed E-state index contributed by atoms with van der Waals surface area (Å²) >= 11 is 0.930. The Morgan fingerprint density at radius 3 is 2.38 bits per heavy atom. The van der Waals surface area contributed by atoms with Gasteiger partial charge in [-0.1, -0.05) is 0 Å². The Bertz CT molecular complexity index is 219. The highest BCUT2D eigenvalue weighted by Gasteiger charge is 2.06. The number of carboxylic acids is 1. The van der Waals surface area contributed by atoms with Gasteiger partial charge in [0, 0.05) is 7.05 Å². The van der Waals surface area contributed by atoms with E-state index in [1.165, 1.54) is 7.05 Å². The Morgan fingerprint density at radius 2 is 1.92 bits per heavy atom. The average molecular weight is 206 g/mol. The Labute approximate surface area is 79.1 Å². The van der Waals surface area contributed by atoms with E-state index < -0.39 is 17.9 Å². The number of carboxylic acid groups (broad SMARTS) is 1. The summed E-state index contributed by atoms with van der Waals surface area (Å²) in [6.07, 6.45) is 0. The molecule has 0 aromatic carbocycles. The average Bonchev–Trinajstić information content (AvgIpc) is 2.03. The number of hydrogen-bond donors (Lipinski definition) is 3. The Balaban J connectivity index is 3.52. The molecule has 0 aliphatic heterocycles. The molecule has 0 fully saturated rings. The van der Waals surface area contributed by atoms with E-state index in [9.17, 15) is 14.4 Å². The van der Waals surface area contributed by atoms with Gasteiger partial charge >= 0.3 is 12.0 Å². The number of urea groups is 1. The fourth-order valence-electron chi connectivity index (χ4n) is 0.456. The zero-order chi connectivity index (χ0) is 10.3. The van der Waals surface area contributed by atoms with Crippen LogP contribution in [0.2, 0.25) is 0 Å². The standard InChI is InChI=1S/C6H10N2O4S/c1-7-6(12)8-4(9)2-13-3-5(10)11/h2-3H2,1H3,(H,10,11)(H2,7,8,9,12). The number of amides is 3. The molecule has 0 bridgehead atoms. The second-order valence-corrected chi connectivity index (χ2v) is 3.00.